The van der Waals surface area contributed by atoms with Gasteiger partial charge in [-0.1, -0.05) is 18.2 Å². The molecule has 1 aliphatic heterocycles. The Balaban J connectivity index is 1.63. The number of pyridine rings is 1. The average Bonchev–Trinajstić information content (AvgIpc) is 3.19. The van der Waals surface area contributed by atoms with Gasteiger partial charge >= 0.3 is 6.03 Å². The maximum atomic E-state index is 13.0. The molecule has 4 rings (SSSR count). The number of nitrogens with two attached hydrogens (primary N) is 1. The Morgan fingerprint density at radius 3 is 3.03 bits per heavy atom. The summed E-state index contributed by atoms with van der Waals surface area (Å²) < 4.78 is 28.9. The summed E-state index contributed by atoms with van der Waals surface area (Å²) in [5.41, 5.74) is 1.98. The molecular weight excluding hydrogens is 408 g/mol. The Morgan fingerprint density at radius 1 is 1.37 bits per heavy atom. The zero-order chi connectivity index (χ0) is 21.1. The van der Waals surface area contributed by atoms with Gasteiger partial charge in [0.25, 0.3) is 0 Å². The molecule has 0 bridgehead atoms. The van der Waals surface area contributed by atoms with E-state index in [0.29, 0.717) is 24.7 Å². The van der Waals surface area contributed by atoms with Crippen molar-refractivity contribution in [1.29, 1.82) is 0 Å². The fourth-order valence-corrected chi connectivity index (χ4v) is 4.09. The normalized spacial score (nSPS) is 14.7. The highest BCUT2D eigenvalue weighted by atomic mass is 32.2. The van der Waals surface area contributed by atoms with Crippen molar-refractivity contribution in [1.82, 2.24) is 14.8 Å². The van der Waals surface area contributed by atoms with E-state index in [2.05, 4.69) is 19.8 Å². The quantitative estimate of drug-likeness (QED) is 0.656. The molecule has 11 heteroatoms. The van der Waals surface area contributed by atoms with Crippen molar-refractivity contribution in [3.8, 4) is 22.9 Å². The molecule has 2 aromatic heterocycles. The molecule has 0 saturated carbocycles. The van der Waals surface area contributed by atoms with E-state index in [0.717, 1.165) is 17.5 Å². The topological polar surface area (TPSA) is 134 Å². The lowest BCUT2D eigenvalue weighted by Gasteiger charge is -2.16. The summed E-state index contributed by atoms with van der Waals surface area (Å²) in [6.45, 7) is 1.09. The van der Waals surface area contributed by atoms with Gasteiger partial charge in [0, 0.05) is 30.8 Å². The number of para-hydroxylation sites is 1. The number of nitrogens with zero attached hydrogens (tertiary/aromatic N) is 4. The predicted molar refractivity (Wildman–Crippen MR) is 111 cm³/mol. The summed E-state index contributed by atoms with van der Waals surface area (Å²) >= 11 is 0. The van der Waals surface area contributed by atoms with E-state index in [1.165, 1.54) is 13.3 Å². The molecule has 0 fully saturated rings. The van der Waals surface area contributed by atoms with Crippen molar-refractivity contribution in [3.05, 3.63) is 48.8 Å². The van der Waals surface area contributed by atoms with Crippen molar-refractivity contribution >= 4 is 21.6 Å². The number of urea groups is 1. The smallest absolute Gasteiger partial charge is 0.354 e. The van der Waals surface area contributed by atoms with Crippen molar-refractivity contribution in [2.75, 3.05) is 19.0 Å². The largest absolute Gasteiger partial charge is 0.481 e. The van der Waals surface area contributed by atoms with E-state index in [1.807, 2.05) is 12.1 Å². The van der Waals surface area contributed by atoms with Crippen LogP contribution in [0.4, 0.5) is 10.5 Å². The first kappa shape index (κ1) is 19.9. The molecule has 0 unspecified atom stereocenters. The molecule has 0 saturated heterocycles. The van der Waals surface area contributed by atoms with Crippen molar-refractivity contribution in [3.63, 3.8) is 0 Å². The lowest BCUT2D eigenvalue weighted by Crippen LogP contribution is -2.20. The number of carbonyl (C=O) groups excluding carboxylic acids is 1. The summed E-state index contributed by atoms with van der Waals surface area (Å²) in [6.07, 6.45) is 3.72. The minimum Gasteiger partial charge on any atom is -0.481 e. The number of carbonyl (C=O) groups is 1. The molecule has 30 heavy (non-hydrogen) atoms. The van der Waals surface area contributed by atoms with Crippen molar-refractivity contribution in [2.45, 2.75) is 17.9 Å². The zero-order valence-corrected chi connectivity index (χ0v) is 17.0. The van der Waals surface area contributed by atoms with Crippen molar-refractivity contribution < 1.29 is 18.5 Å². The number of amides is 2. The number of methoxy groups -OCH3 is 1. The Morgan fingerprint density at radius 2 is 2.20 bits per heavy atom. The van der Waals surface area contributed by atoms with Gasteiger partial charge in [0.2, 0.25) is 11.8 Å². The molecule has 0 radical (unpaired) electrons. The summed E-state index contributed by atoms with van der Waals surface area (Å²) in [6, 6.07) is 9.81. The van der Waals surface area contributed by atoms with Gasteiger partial charge in [0.05, 0.1) is 25.6 Å². The van der Waals surface area contributed by atoms with Crippen LogP contribution in [0.15, 0.2) is 58.1 Å². The maximum Gasteiger partial charge on any atom is 0.354 e. The monoisotopic (exact) mass is 428 g/mol. The average molecular weight is 428 g/mol. The van der Waals surface area contributed by atoms with Crippen LogP contribution in [-0.2, 0) is 16.5 Å². The molecule has 1 aliphatic rings. The van der Waals surface area contributed by atoms with Gasteiger partial charge < -0.3 is 14.8 Å². The summed E-state index contributed by atoms with van der Waals surface area (Å²) in [5, 5.41) is 12.6. The van der Waals surface area contributed by atoms with Gasteiger partial charge in [0.1, 0.15) is 4.90 Å². The summed E-state index contributed by atoms with van der Waals surface area (Å²) in [4.78, 5) is 16.7. The van der Waals surface area contributed by atoms with Gasteiger partial charge in [-0.2, -0.15) is 5.10 Å². The van der Waals surface area contributed by atoms with Crippen LogP contribution < -0.4 is 19.9 Å². The third-order valence-electron chi connectivity index (χ3n) is 4.47. The minimum atomic E-state index is -3.54. The second-order valence-corrected chi connectivity index (χ2v) is 8.22. The van der Waals surface area contributed by atoms with Crippen LogP contribution in [0.3, 0.4) is 0 Å². The van der Waals surface area contributed by atoms with Crippen LogP contribution in [0.5, 0.6) is 11.8 Å². The van der Waals surface area contributed by atoms with E-state index in [9.17, 15) is 9.00 Å². The third-order valence-corrected chi connectivity index (χ3v) is 5.82. The number of nitrogens with one attached hydrogen (secondary N) is 1. The number of aryl methyl sites for hydroxylation is 1. The van der Waals surface area contributed by atoms with Gasteiger partial charge in [0.15, 0.2) is 9.92 Å². The van der Waals surface area contributed by atoms with E-state index >= 15 is 0 Å². The van der Waals surface area contributed by atoms with Gasteiger partial charge in [-0.15, -0.1) is 4.36 Å². The molecule has 1 atom stereocenters. The van der Waals surface area contributed by atoms with Gasteiger partial charge in [-0.3, -0.25) is 0 Å². The SMILES string of the molecule is COc1cc(-c2ccccc2NC(=O)N=[S@@](N)(=O)c2cnn3c2OCCC3)ccn1. The van der Waals surface area contributed by atoms with E-state index in [4.69, 9.17) is 14.6 Å². The molecule has 3 aromatic rings. The molecule has 1 aromatic carbocycles. The first-order valence-electron chi connectivity index (χ1n) is 9.12. The highest BCUT2D eigenvalue weighted by molar-refractivity contribution is 7.91. The van der Waals surface area contributed by atoms with Crippen LogP contribution in [0.2, 0.25) is 0 Å². The number of benzene rings is 1. The van der Waals surface area contributed by atoms with E-state index in [-0.39, 0.29) is 10.8 Å². The number of rotatable bonds is 4. The number of fused-ring (bicyclic) bond motifs is 1. The van der Waals surface area contributed by atoms with Gasteiger partial charge in [-0.05, 0) is 17.7 Å². The molecule has 3 heterocycles. The lowest BCUT2D eigenvalue weighted by molar-refractivity contribution is 0.224. The maximum absolute atomic E-state index is 13.0. The number of ether oxygens (including phenoxy) is 2. The van der Waals surface area contributed by atoms with Crippen LogP contribution in [0, 0.1) is 0 Å². The fraction of sp³-hybridized carbons (Fsp3) is 0.211. The number of hydrogen-bond acceptors (Lipinski definition) is 6. The van der Waals surface area contributed by atoms with Crippen LogP contribution in [0.25, 0.3) is 11.1 Å². The highest BCUT2D eigenvalue weighted by Gasteiger charge is 2.24. The third kappa shape index (κ3) is 3.98. The van der Waals surface area contributed by atoms with Crippen LogP contribution in [-0.4, -0.2) is 38.7 Å². The van der Waals surface area contributed by atoms with E-state index < -0.39 is 15.9 Å². The zero-order valence-electron chi connectivity index (χ0n) is 16.1. The number of aromatic nitrogens is 3. The summed E-state index contributed by atoms with van der Waals surface area (Å²) in [5.74, 6) is 0.726. The molecule has 3 N–H and O–H groups in total. The Kier molecular flexibility index (Phi) is 5.38. The second kappa shape index (κ2) is 8.13. The van der Waals surface area contributed by atoms with Gasteiger partial charge in [-0.25, -0.2) is 23.8 Å². The van der Waals surface area contributed by atoms with E-state index in [1.54, 1.807) is 35.1 Å². The molecule has 2 amide bonds. The Hall–Kier alpha value is -3.44. The summed E-state index contributed by atoms with van der Waals surface area (Å²) in [7, 11) is -2.02. The minimum absolute atomic E-state index is 0.101. The highest BCUT2D eigenvalue weighted by Crippen LogP contribution is 2.30. The molecular formula is C19H20N6O4S. The van der Waals surface area contributed by atoms with Crippen molar-refractivity contribution in [2.24, 2.45) is 9.50 Å². The fourth-order valence-electron chi connectivity index (χ4n) is 3.09. The molecule has 0 spiro atoms. The molecule has 156 valence electrons. The first-order chi connectivity index (χ1) is 14.5. The standard InChI is InChI=1S/C19H20N6O4S/c1-28-17-11-13(7-8-21-17)14-5-2-3-6-15(14)23-19(26)24-30(20,27)16-12-22-25-9-4-10-29-18(16)25/h2-3,5-8,11-12H,4,9-10H2,1H3,(H3,20,23,24,26,27)/t30-/m1/s1. The van der Waals surface area contributed by atoms with Crippen LogP contribution in [0.1, 0.15) is 6.42 Å². The predicted octanol–water partition coefficient (Wildman–Crippen LogP) is 2.67. The van der Waals surface area contributed by atoms with Crippen LogP contribution >= 0.6 is 0 Å². The Bertz CT molecular complexity index is 1220. The molecule has 0 aliphatic carbocycles. The first-order valence-corrected chi connectivity index (χ1v) is 10.7. The number of anilines is 1. The number of hydrogen-bond donors (Lipinski definition) is 2. The lowest BCUT2D eigenvalue weighted by atomic mass is 10.1. The second-order valence-electron chi connectivity index (χ2n) is 6.46. The molecule has 10 nitrogen and oxygen atoms in total. The Labute approximate surface area is 173 Å².